The van der Waals surface area contributed by atoms with E-state index in [1.54, 1.807) is 38.2 Å². The fraction of sp³-hybridized carbons (Fsp3) is 0.300. The zero-order valence-electron chi connectivity index (χ0n) is 16.3. The number of ketones is 1. The zero-order chi connectivity index (χ0) is 21.0. The fourth-order valence-electron chi connectivity index (χ4n) is 3.52. The minimum absolute atomic E-state index is 0.221. The maximum atomic E-state index is 13.1. The molecule has 1 aliphatic rings. The molecule has 0 saturated carbocycles. The lowest BCUT2D eigenvalue weighted by atomic mass is 10.0. The number of aromatic nitrogens is 2. The maximum Gasteiger partial charge on any atom is 0.330 e. The molecule has 1 aliphatic heterocycles. The molecule has 0 aliphatic carbocycles. The highest BCUT2D eigenvalue weighted by molar-refractivity contribution is 7.18. The van der Waals surface area contributed by atoms with E-state index in [-0.39, 0.29) is 11.5 Å². The Kier molecular flexibility index (Phi) is 4.42. The van der Waals surface area contributed by atoms with Crippen molar-refractivity contribution in [3.63, 3.8) is 0 Å². The van der Waals surface area contributed by atoms with Crippen LogP contribution in [0.25, 0.3) is 10.2 Å². The Labute approximate surface area is 169 Å². The van der Waals surface area contributed by atoms with Crippen molar-refractivity contribution in [3.05, 3.63) is 55.5 Å². The maximum absolute atomic E-state index is 13.1. The number of nitrogens with zero attached hydrogens (tertiary/aromatic N) is 2. The smallest absolute Gasteiger partial charge is 0.330 e. The van der Waals surface area contributed by atoms with Gasteiger partial charge in [0.1, 0.15) is 16.6 Å². The van der Waals surface area contributed by atoms with Crippen molar-refractivity contribution < 1.29 is 14.3 Å². The summed E-state index contributed by atoms with van der Waals surface area (Å²) in [5, 5.41) is 0.380. The molecular formula is C20H19N3O5S. The molecule has 1 N–H and O–H groups in total. The minimum Gasteiger partial charge on any atom is -0.479 e. The number of thiophene rings is 1. The Morgan fingerprint density at radius 3 is 2.69 bits per heavy atom. The quantitative estimate of drug-likeness (QED) is 0.664. The molecule has 4 rings (SSSR count). The number of fused-ring (bicyclic) bond motifs is 2. The van der Waals surface area contributed by atoms with Crippen LogP contribution in [0.1, 0.15) is 35.1 Å². The number of amides is 1. The molecule has 0 spiro atoms. The van der Waals surface area contributed by atoms with E-state index in [0.29, 0.717) is 21.7 Å². The van der Waals surface area contributed by atoms with E-state index in [1.807, 2.05) is 6.92 Å². The van der Waals surface area contributed by atoms with Crippen molar-refractivity contribution in [2.45, 2.75) is 32.9 Å². The lowest BCUT2D eigenvalue weighted by molar-refractivity contribution is -0.125. The number of H-pyrrole nitrogens is 1. The number of hydrogen-bond donors (Lipinski definition) is 1. The highest BCUT2D eigenvalue weighted by atomic mass is 32.1. The monoisotopic (exact) mass is 413 g/mol. The van der Waals surface area contributed by atoms with Gasteiger partial charge in [0, 0.05) is 17.5 Å². The standard InChI is InChI=1S/C20H19N3O5S/c1-9-7-13-17(29-9)21-20(27)23(19(13)26)10(2)16(24)12-5-6-15-14(8-12)22(4)18(25)11(3)28-15/h5-8,10-11H,1-4H3,(H,21,27). The van der Waals surface area contributed by atoms with Crippen molar-refractivity contribution in [1.82, 2.24) is 9.55 Å². The first-order valence-electron chi connectivity index (χ1n) is 9.06. The molecule has 2 atom stereocenters. The van der Waals surface area contributed by atoms with Gasteiger partial charge in [0.25, 0.3) is 11.5 Å². The van der Waals surface area contributed by atoms with Gasteiger partial charge >= 0.3 is 5.69 Å². The van der Waals surface area contributed by atoms with E-state index in [4.69, 9.17) is 4.74 Å². The van der Waals surface area contributed by atoms with Crippen LogP contribution in [0.15, 0.2) is 33.9 Å². The van der Waals surface area contributed by atoms with Gasteiger partial charge in [-0.1, -0.05) is 0 Å². The summed E-state index contributed by atoms with van der Waals surface area (Å²) >= 11 is 1.32. The molecule has 8 nitrogen and oxygen atoms in total. The number of carbonyl (C=O) groups excluding carboxylic acids is 2. The molecule has 3 aromatic rings. The third-order valence-corrected chi connectivity index (χ3v) is 6.06. The second-order valence-electron chi connectivity index (χ2n) is 7.09. The second-order valence-corrected chi connectivity index (χ2v) is 8.34. The Hall–Kier alpha value is -3.20. The summed E-state index contributed by atoms with van der Waals surface area (Å²) in [6.45, 7) is 5.01. The van der Waals surface area contributed by atoms with Crippen LogP contribution in [-0.4, -0.2) is 34.4 Å². The summed E-state index contributed by atoms with van der Waals surface area (Å²) in [7, 11) is 1.61. The molecule has 3 heterocycles. The number of rotatable bonds is 3. The number of carbonyl (C=O) groups is 2. The van der Waals surface area contributed by atoms with Crippen molar-refractivity contribution in [3.8, 4) is 5.75 Å². The SMILES string of the molecule is Cc1cc2c(=O)n(C(C)C(=O)c3ccc4c(c3)N(C)C(=O)C(C)O4)c(=O)[nH]c2s1. The van der Waals surface area contributed by atoms with Gasteiger partial charge in [0.2, 0.25) is 0 Å². The topological polar surface area (TPSA) is 101 Å². The lowest BCUT2D eigenvalue weighted by Crippen LogP contribution is -2.42. The number of aryl methyl sites for hydroxylation is 1. The van der Waals surface area contributed by atoms with Gasteiger partial charge in [0.15, 0.2) is 11.9 Å². The van der Waals surface area contributed by atoms with Crippen LogP contribution >= 0.6 is 11.3 Å². The van der Waals surface area contributed by atoms with Crippen molar-refractivity contribution in [1.29, 1.82) is 0 Å². The molecule has 29 heavy (non-hydrogen) atoms. The molecule has 1 amide bonds. The van der Waals surface area contributed by atoms with Crippen LogP contribution in [0.5, 0.6) is 5.75 Å². The van der Waals surface area contributed by atoms with Crippen LogP contribution in [0.4, 0.5) is 5.69 Å². The Morgan fingerprint density at radius 1 is 1.24 bits per heavy atom. The molecule has 150 valence electrons. The Balaban J connectivity index is 1.76. The number of anilines is 1. The van der Waals surface area contributed by atoms with E-state index in [9.17, 15) is 19.2 Å². The first kappa shape index (κ1) is 19.1. The van der Waals surface area contributed by atoms with E-state index in [0.717, 1.165) is 9.44 Å². The van der Waals surface area contributed by atoms with Gasteiger partial charge in [-0.05, 0) is 45.0 Å². The van der Waals surface area contributed by atoms with Crippen LogP contribution < -0.4 is 20.9 Å². The molecule has 0 saturated heterocycles. The number of benzene rings is 1. The van der Waals surface area contributed by atoms with E-state index >= 15 is 0 Å². The summed E-state index contributed by atoms with van der Waals surface area (Å²) in [5.74, 6) is -0.138. The second kappa shape index (κ2) is 6.70. The summed E-state index contributed by atoms with van der Waals surface area (Å²) < 4.78 is 6.51. The normalized spacial score (nSPS) is 17.2. The molecule has 1 aromatic carbocycles. The van der Waals surface area contributed by atoms with Gasteiger partial charge in [-0.2, -0.15) is 0 Å². The number of ether oxygens (including phenoxy) is 1. The summed E-state index contributed by atoms with van der Waals surface area (Å²) in [4.78, 5) is 56.1. The van der Waals surface area contributed by atoms with Gasteiger partial charge in [-0.3, -0.25) is 19.4 Å². The molecular weight excluding hydrogens is 394 g/mol. The van der Waals surface area contributed by atoms with Gasteiger partial charge < -0.3 is 9.64 Å². The van der Waals surface area contributed by atoms with Crippen molar-refractivity contribution in [2.75, 3.05) is 11.9 Å². The number of Topliss-reactive ketones (excluding diaryl/α,β-unsaturated/α-hetero) is 1. The Bertz CT molecular complexity index is 1290. The zero-order valence-corrected chi connectivity index (χ0v) is 17.1. The largest absolute Gasteiger partial charge is 0.479 e. The third kappa shape index (κ3) is 2.98. The molecule has 0 radical (unpaired) electrons. The Morgan fingerprint density at radius 2 is 1.97 bits per heavy atom. The highest BCUT2D eigenvalue weighted by Crippen LogP contribution is 2.34. The number of aromatic amines is 1. The van der Waals surface area contributed by atoms with Crippen molar-refractivity contribution >= 4 is 38.9 Å². The van der Waals surface area contributed by atoms with E-state index in [2.05, 4.69) is 4.98 Å². The summed E-state index contributed by atoms with van der Waals surface area (Å²) in [6.07, 6.45) is -0.606. The fourth-order valence-corrected chi connectivity index (χ4v) is 4.41. The summed E-state index contributed by atoms with van der Waals surface area (Å²) in [5.41, 5.74) is -0.387. The first-order valence-corrected chi connectivity index (χ1v) is 9.88. The average molecular weight is 413 g/mol. The van der Waals surface area contributed by atoms with Crippen LogP contribution in [-0.2, 0) is 4.79 Å². The first-order chi connectivity index (χ1) is 13.7. The third-order valence-electron chi connectivity index (χ3n) is 5.10. The predicted molar refractivity (Wildman–Crippen MR) is 110 cm³/mol. The molecule has 2 aromatic heterocycles. The van der Waals surface area contributed by atoms with Crippen LogP contribution in [0.2, 0.25) is 0 Å². The minimum atomic E-state index is -1.02. The predicted octanol–water partition coefficient (Wildman–Crippen LogP) is 2.25. The average Bonchev–Trinajstić information content (AvgIpc) is 3.05. The van der Waals surface area contributed by atoms with E-state index < -0.39 is 29.2 Å². The molecule has 0 bridgehead atoms. The molecule has 2 unspecified atom stereocenters. The number of nitrogens with one attached hydrogen (secondary N) is 1. The van der Waals surface area contributed by atoms with Gasteiger partial charge in [-0.25, -0.2) is 9.36 Å². The number of likely N-dealkylation sites (N-methyl/N-ethyl adjacent to an activating group) is 1. The van der Waals surface area contributed by atoms with Crippen LogP contribution in [0.3, 0.4) is 0 Å². The van der Waals surface area contributed by atoms with Gasteiger partial charge in [-0.15, -0.1) is 11.3 Å². The number of hydrogen-bond acceptors (Lipinski definition) is 6. The molecule has 0 fully saturated rings. The van der Waals surface area contributed by atoms with Crippen molar-refractivity contribution in [2.24, 2.45) is 0 Å². The lowest BCUT2D eigenvalue weighted by Gasteiger charge is -2.30. The van der Waals surface area contributed by atoms with Crippen LogP contribution in [0, 0.1) is 6.92 Å². The summed E-state index contributed by atoms with van der Waals surface area (Å²) in [6, 6.07) is 5.42. The van der Waals surface area contributed by atoms with Gasteiger partial charge in [0.05, 0.1) is 11.1 Å². The van der Waals surface area contributed by atoms with E-state index in [1.165, 1.54) is 23.2 Å². The molecule has 9 heteroatoms. The highest BCUT2D eigenvalue weighted by Gasteiger charge is 2.30.